The van der Waals surface area contributed by atoms with Gasteiger partial charge >= 0.3 is 0 Å². The number of benzene rings is 1. The maximum atomic E-state index is 12.4. The van der Waals surface area contributed by atoms with E-state index >= 15 is 0 Å². The number of hydrogen-bond donors (Lipinski definition) is 2. The summed E-state index contributed by atoms with van der Waals surface area (Å²) < 4.78 is 5.21. The fourth-order valence-electron chi connectivity index (χ4n) is 2.02. The summed E-state index contributed by atoms with van der Waals surface area (Å²) in [6.45, 7) is 3.84. The minimum atomic E-state index is -0.555. The summed E-state index contributed by atoms with van der Waals surface area (Å²) in [5, 5.41) is 2.80. The summed E-state index contributed by atoms with van der Waals surface area (Å²) in [5.41, 5.74) is 6.02. The molecule has 0 aliphatic heterocycles. The molecule has 116 valence electrons. The van der Waals surface area contributed by atoms with Crippen molar-refractivity contribution >= 4 is 28.8 Å². The topological polar surface area (TPSA) is 81.4 Å². The fourth-order valence-corrected chi connectivity index (χ4v) is 2.94. The smallest absolute Gasteiger partial charge is 0.248 e. The first-order valence-corrected chi connectivity index (χ1v) is 7.59. The molecule has 0 aliphatic rings. The quantitative estimate of drug-likeness (QED) is 0.889. The molecule has 1 heterocycles. The molecule has 5 nitrogen and oxygen atoms in total. The Morgan fingerprint density at radius 2 is 2.00 bits per heavy atom. The van der Waals surface area contributed by atoms with E-state index in [-0.39, 0.29) is 11.8 Å². The van der Waals surface area contributed by atoms with Gasteiger partial charge in [0.1, 0.15) is 5.75 Å². The van der Waals surface area contributed by atoms with E-state index in [0.717, 1.165) is 9.75 Å². The van der Waals surface area contributed by atoms with Crippen LogP contribution in [0.2, 0.25) is 0 Å². The number of hydrogen-bond acceptors (Lipinski definition) is 4. The molecule has 1 aromatic carbocycles. The first kappa shape index (κ1) is 16.0. The van der Waals surface area contributed by atoms with E-state index in [1.165, 1.54) is 13.2 Å². The Labute approximate surface area is 133 Å². The monoisotopic (exact) mass is 318 g/mol. The number of thiophene rings is 1. The molecule has 0 fully saturated rings. The standard InChI is InChI=1S/C16H18N2O3S/c1-9-4-7-14(22-9)10(2)16(20)18-12-8-11(15(17)19)5-6-13(12)21-3/h4-8,10H,1-3H3,(H2,17,19)(H,18,20). The van der Waals surface area contributed by atoms with Crippen LogP contribution >= 0.6 is 11.3 Å². The summed E-state index contributed by atoms with van der Waals surface area (Å²) >= 11 is 1.59. The molecule has 0 saturated carbocycles. The van der Waals surface area contributed by atoms with Crippen molar-refractivity contribution in [1.29, 1.82) is 0 Å². The second-order valence-electron chi connectivity index (χ2n) is 4.94. The number of ether oxygens (including phenoxy) is 1. The Bertz CT molecular complexity index is 709. The number of aryl methyl sites for hydroxylation is 1. The van der Waals surface area contributed by atoms with Crippen molar-refractivity contribution in [2.75, 3.05) is 12.4 Å². The van der Waals surface area contributed by atoms with Crippen molar-refractivity contribution in [1.82, 2.24) is 0 Å². The molecule has 2 amide bonds. The zero-order valence-corrected chi connectivity index (χ0v) is 13.5. The van der Waals surface area contributed by atoms with Crippen molar-refractivity contribution in [3.05, 3.63) is 45.6 Å². The molecule has 1 aromatic heterocycles. The lowest BCUT2D eigenvalue weighted by Gasteiger charge is -2.14. The lowest BCUT2D eigenvalue weighted by Crippen LogP contribution is -2.19. The zero-order valence-electron chi connectivity index (χ0n) is 12.7. The van der Waals surface area contributed by atoms with Crippen molar-refractivity contribution in [3.8, 4) is 5.75 Å². The van der Waals surface area contributed by atoms with E-state index in [2.05, 4.69) is 5.32 Å². The van der Waals surface area contributed by atoms with E-state index in [0.29, 0.717) is 17.0 Å². The van der Waals surface area contributed by atoms with Gasteiger partial charge in [-0.3, -0.25) is 9.59 Å². The van der Waals surface area contributed by atoms with E-state index < -0.39 is 5.91 Å². The van der Waals surface area contributed by atoms with Gasteiger partial charge in [-0.1, -0.05) is 0 Å². The van der Waals surface area contributed by atoms with Crippen LogP contribution in [0.15, 0.2) is 30.3 Å². The molecule has 2 aromatic rings. The van der Waals surface area contributed by atoms with Crippen LogP contribution in [0.25, 0.3) is 0 Å². The van der Waals surface area contributed by atoms with Crippen molar-refractivity contribution in [2.24, 2.45) is 5.73 Å². The Balaban J connectivity index is 2.23. The highest BCUT2D eigenvalue weighted by molar-refractivity contribution is 7.12. The maximum absolute atomic E-state index is 12.4. The first-order chi connectivity index (χ1) is 10.4. The van der Waals surface area contributed by atoms with Crippen molar-refractivity contribution < 1.29 is 14.3 Å². The number of carbonyl (C=O) groups is 2. The Morgan fingerprint density at radius 1 is 1.27 bits per heavy atom. The summed E-state index contributed by atoms with van der Waals surface area (Å²) in [6.07, 6.45) is 0. The highest BCUT2D eigenvalue weighted by atomic mass is 32.1. The van der Waals surface area contributed by atoms with Crippen LogP contribution in [0.1, 0.15) is 33.0 Å². The van der Waals surface area contributed by atoms with Crippen LogP contribution in [0.5, 0.6) is 5.75 Å². The number of primary amides is 1. The molecule has 0 saturated heterocycles. The van der Waals surface area contributed by atoms with E-state index in [1.54, 1.807) is 23.5 Å². The number of rotatable bonds is 5. The van der Waals surface area contributed by atoms with Gasteiger partial charge in [0.2, 0.25) is 11.8 Å². The third kappa shape index (κ3) is 3.46. The van der Waals surface area contributed by atoms with Crippen molar-refractivity contribution in [3.63, 3.8) is 0 Å². The first-order valence-electron chi connectivity index (χ1n) is 6.77. The average Bonchev–Trinajstić information content (AvgIpc) is 2.92. The van der Waals surface area contributed by atoms with Crippen LogP contribution < -0.4 is 15.8 Å². The number of nitrogens with two attached hydrogens (primary N) is 1. The number of carbonyl (C=O) groups excluding carboxylic acids is 2. The number of amides is 2. The molecule has 22 heavy (non-hydrogen) atoms. The molecule has 0 radical (unpaired) electrons. The Kier molecular flexibility index (Phi) is 4.82. The Morgan fingerprint density at radius 3 is 2.55 bits per heavy atom. The third-order valence-corrected chi connectivity index (χ3v) is 4.51. The van der Waals surface area contributed by atoms with E-state index in [4.69, 9.17) is 10.5 Å². The van der Waals surface area contributed by atoms with Gasteiger partial charge in [-0.2, -0.15) is 0 Å². The Hall–Kier alpha value is -2.34. The third-order valence-electron chi connectivity index (χ3n) is 3.32. The van der Waals surface area contributed by atoms with Gasteiger partial charge in [-0.05, 0) is 44.2 Å². The van der Waals surface area contributed by atoms with Gasteiger partial charge in [0.15, 0.2) is 0 Å². The number of nitrogens with one attached hydrogen (secondary N) is 1. The predicted octanol–water partition coefficient (Wildman–Crippen LogP) is 2.91. The zero-order chi connectivity index (χ0) is 16.3. The number of anilines is 1. The highest BCUT2D eigenvalue weighted by Crippen LogP contribution is 2.29. The summed E-state index contributed by atoms with van der Waals surface area (Å²) in [6, 6.07) is 8.61. The molecule has 0 bridgehead atoms. The van der Waals surface area contributed by atoms with Gasteiger partial charge < -0.3 is 15.8 Å². The van der Waals surface area contributed by atoms with Crippen LogP contribution in [-0.4, -0.2) is 18.9 Å². The lowest BCUT2D eigenvalue weighted by molar-refractivity contribution is -0.117. The second-order valence-corrected chi connectivity index (χ2v) is 6.26. The molecule has 0 aliphatic carbocycles. The molecule has 2 rings (SSSR count). The molecule has 1 unspecified atom stereocenters. The summed E-state index contributed by atoms with van der Waals surface area (Å²) in [7, 11) is 1.50. The van der Waals surface area contributed by atoms with Crippen LogP contribution in [-0.2, 0) is 4.79 Å². The molecule has 0 spiro atoms. The molecule has 1 atom stereocenters. The van der Waals surface area contributed by atoms with E-state index in [1.807, 2.05) is 26.0 Å². The minimum absolute atomic E-state index is 0.165. The number of methoxy groups -OCH3 is 1. The van der Waals surface area contributed by atoms with E-state index in [9.17, 15) is 9.59 Å². The van der Waals surface area contributed by atoms with Gasteiger partial charge in [0.05, 0.1) is 18.7 Å². The normalized spacial score (nSPS) is 11.8. The van der Waals surface area contributed by atoms with Crippen LogP contribution in [0.4, 0.5) is 5.69 Å². The fraction of sp³-hybridized carbons (Fsp3) is 0.250. The average molecular weight is 318 g/mol. The van der Waals surface area contributed by atoms with Crippen LogP contribution in [0, 0.1) is 6.92 Å². The molecule has 6 heteroatoms. The largest absolute Gasteiger partial charge is 0.495 e. The SMILES string of the molecule is COc1ccc(C(N)=O)cc1NC(=O)C(C)c1ccc(C)s1. The van der Waals surface area contributed by atoms with Gasteiger partial charge in [-0.25, -0.2) is 0 Å². The second kappa shape index (κ2) is 6.62. The van der Waals surface area contributed by atoms with Crippen LogP contribution in [0.3, 0.4) is 0 Å². The predicted molar refractivity (Wildman–Crippen MR) is 87.6 cm³/mol. The lowest BCUT2D eigenvalue weighted by atomic mass is 10.1. The molecule has 3 N–H and O–H groups in total. The van der Waals surface area contributed by atoms with Gasteiger partial charge in [-0.15, -0.1) is 11.3 Å². The van der Waals surface area contributed by atoms with Crippen molar-refractivity contribution in [2.45, 2.75) is 19.8 Å². The minimum Gasteiger partial charge on any atom is -0.495 e. The van der Waals surface area contributed by atoms with Gasteiger partial charge in [0, 0.05) is 15.3 Å². The maximum Gasteiger partial charge on any atom is 0.248 e. The molecular weight excluding hydrogens is 300 g/mol. The van der Waals surface area contributed by atoms with Gasteiger partial charge in [0.25, 0.3) is 0 Å². The highest BCUT2D eigenvalue weighted by Gasteiger charge is 2.19. The summed E-state index contributed by atoms with van der Waals surface area (Å²) in [4.78, 5) is 25.8. The molecular formula is C16H18N2O3S. The summed E-state index contributed by atoms with van der Waals surface area (Å²) in [5.74, 6) is -0.532.